The molecule has 10 heteroatoms. The molecule has 2 fully saturated rings. The zero-order chi connectivity index (χ0) is 24.2. The lowest BCUT2D eigenvalue weighted by molar-refractivity contribution is -0.135. The Hall–Kier alpha value is -3.30. The van der Waals surface area contributed by atoms with Crippen molar-refractivity contribution in [2.24, 2.45) is 0 Å². The second kappa shape index (κ2) is 10.3. The van der Waals surface area contributed by atoms with Gasteiger partial charge in [0.1, 0.15) is 6.54 Å². The van der Waals surface area contributed by atoms with Crippen LogP contribution in [0, 0.1) is 0 Å². The van der Waals surface area contributed by atoms with E-state index in [0.29, 0.717) is 35.0 Å². The van der Waals surface area contributed by atoms with Crippen molar-refractivity contribution in [2.45, 2.75) is 12.8 Å². The summed E-state index contributed by atoms with van der Waals surface area (Å²) in [5.41, 5.74) is 0.830. The van der Waals surface area contributed by atoms with Gasteiger partial charge in [-0.25, -0.2) is 4.79 Å². The fourth-order valence-corrected chi connectivity index (χ4v) is 4.56. The Bertz CT molecular complexity index is 1170. The molecule has 0 atom stereocenters. The van der Waals surface area contributed by atoms with E-state index in [2.05, 4.69) is 0 Å². The molecule has 2 aromatic rings. The number of hydrogen-bond acceptors (Lipinski definition) is 7. The van der Waals surface area contributed by atoms with Crippen molar-refractivity contribution in [2.75, 3.05) is 26.7 Å². The van der Waals surface area contributed by atoms with Crippen molar-refractivity contribution in [3.05, 3.63) is 63.5 Å². The number of amides is 3. The molecule has 0 aromatic heterocycles. The highest BCUT2D eigenvalue weighted by Crippen LogP contribution is 2.35. The number of carbonyl (C=O) groups is 4. The van der Waals surface area contributed by atoms with E-state index in [4.69, 9.17) is 21.1 Å². The van der Waals surface area contributed by atoms with Crippen LogP contribution in [0.15, 0.2) is 47.4 Å². The summed E-state index contributed by atoms with van der Waals surface area (Å²) >= 11 is 6.63. The van der Waals surface area contributed by atoms with Gasteiger partial charge in [-0.05, 0) is 72.6 Å². The molecule has 2 aliphatic heterocycles. The maximum absolute atomic E-state index is 12.8. The molecule has 0 aliphatic carbocycles. The van der Waals surface area contributed by atoms with Crippen LogP contribution < -0.4 is 9.47 Å². The maximum atomic E-state index is 12.8. The quantitative estimate of drug-likeness (QED) is 0.333. The highest BCUT2D eigenvalue weighted by molar-refractivity contribution is 8.18. The summed E-state index contributed by atoms with van der Waals surface area (Å²) in [6.45, 7) is 1.02. The first kappa shape index (κ1) is 23.8. The van der Waals surface area contributed by atoms with Crippen molar-refractivity contribution in [1.29, 1.82) is 0 Å². The molecule has 0 unspecified atom stereocenters. The minimum Gasteiger partial charge on any atom is -0.493 e. The number of ether oxygens (including phenoxy) is 2. The fraction of sp³-hybridized carbons (Fsp3) is 0.250. The molecular weight excluding hydrogens is 480 g/mol. The number of benzene rings is 2. The van der Waals surface area contributed by atoms with Crippen LogP contribution in [0.2, 0.25) is 5.02 Å². The van der Waals surface area contributed by atoms with E-state index in [1.807, 2.05) is 0 Å². The van der Waals surface area contributed by atoms with Gasteiger partial charge in [-0.2, -0.15) is 0 Å². The molecule has 0 spiro atoms. The van der Waals surface area contributed by atoms with Gasteiger partial charge in [0.2, 0.25) is 5.91 Å². The number of thioether (sulfide) groups is 1. The number of esters is 1. The second-order valence-corrected chi connectivity index (χ2v) is 9.09. The average molecular weight is 501 g/mol. The van der Waals surface area contributed by atoms with Crippen molar-refractivity contribution in [3.8, 4) is 11.5 Å². The van der Waals surface area contributed by atoms with Crippen molar-refractivity contribution >= 4 is 52.5 Å². The van der Waals surface area contributed by atoms with Gasteiger partial charge < -0.3 is 14.4 Å². The largest absolute Gasteiger partial charge is 0.493 e. The van der Waals surface area contributed by atoms with Crippen LogP contribution >= 0.6 is 23.4 Å². The minimum absolute atomic E-state index is 0.152. The third kappa shape index (κ3) is 5.26. The first-order valence-electron chi connectivity index (χ1n) is 10.5. The number of carbonyl (C=O) groups excluding carboxylic acids is 4. The maximum Gasteiger partial charge on any atom is 0.343 e. The van der Waals surface area contributed by atoms with Crippen LogP contribution in [0.3, 0.4) is 0 Å². The molecule has 2 saturated heterocycles. The topological polar surface area (TPSA) is 93.2 Å². The molecule has 0 radical (unpaired) electrons. The summed E-state index contributed by atoms with van der Waals surface area (Å²) in [7, 11) is 1.44. The van der Waals surface area contributed by atoms with Gasteiger partial charge in [-0.3, -0.25) is 19.3 Å². The summed E-state index contributed by atoms with van der Waals surface area (Å²) in [6, 6.07) is 11.0. The van der Waals surface area contributed by atoms with E-state index >= 15 is 0 Å². The smallest absolute Gasteiger partial charge is 0.343 e. The summed E-state index contributed by atoms with van der Waals surface area (Å²) < 4.78 is 10.8. The highest BCUT2D eigenvalue weighted by atomic mass is 35.5. The molecule has 8 nitrogen and oxygen atoms in total. The van der Waals surface area contributed by atoms with Crippen LogP contribution in [0.4, 0.5) is 4.79 Å². The molecule has 176 valence electrons. The Balaban J connectivity index is 1.51. The molecule has 34 heavy (non-hydrogen) atoms. The van der Waals surface area contributed by atoms with Crippen LogP contribution in [0.25, 0.3) is 6.08 Å². The predicted molar refractivity (Wildman–Crippen MR) is 128 cm³/mol. The van der Waals surface area contributed by atoms with Gasteiger partial charge in [-0.1, -0.05) is 17.7 Å². The zero-order valence-electron chi connectivity index (χ0n) is 18.3. The lowest BCUT2D eigenvalue weighted by atomic mass is 10.1. The van der Waals surface area contributed by atoms with E-state index in [0.717, 1.165) is 29.5 Å². The molecule has 2 aliphatic rings. The summed E-state index contributed by atoms with van der Waals surface area (Å²) in [4.78, 5) is 52.9. The van der Waals surface area contributed by atoms with Gasteiger partial charge in [0.15, 0.2) is 11.5 Å². The number of methoxy groups -OCH3 is 1. The fourth-order valence-electron chi connectivity index (χ4n) is 3.60. The molecular formula is C24H21ClN2O6S. The average Bonchev–Trinajstić information content (AvgIpc) is 3.45. The lowest BCUT2D eigenvalue weighted by Gasteiger charge is -2.18. The molecule has 4 rings (SSSR count). The number of likely N-dealkylation sites (tertiary alicyclic amines) is 1. The van der Waals surface area contributed by atoms with Gasteiger partial charge in [0.05, 0.1) is 17.6 Å². The first-order valence-corrected chi connectivity index (χ1v) is 11.7. The normalized spacial score (nSPS) is 16.9. The molecule has 0 N–H and O–H groups in total. The molecule has 0 saturated carbocycles. The number of halogens is 1. The first-order chi connectivity index (χ1) is 16.4. The molecule has 2 aromatic carbocycles. The summed E-state index contributed by atoms with van der Waals surface area (Å²) in [5, 5.41) is -0.00102. The third-order valence-corrected chi connectivity index (χ3v) is 6.55. The number of nitrogens with zero attached hydrogens (tertiary/aromatic N) is 2. The predicted octanol–water partition coefficient (Wildman–Crippen LogP) is 4.23. The third-order valence-electron chi connectivity index (χ3n) is 5.39. The Morgan fingerprint density at radius 2 is 1.76 bits per heavy atom. The monoisotopic (exact) mass is 500 g/mol. The molecule has 3 amide bonds. The van der Waals surface area contributed by atoms with Crippen LogP contribution in [0.5, 0.6) is 11.5 Å². The zero-order valence-corrected chi connectivity index (χ0v) is 19.9. The van der Waals surface area contributed by atoms with Crippen molar-refractivity contribution < 1.29 is 28.7 Å². The second-order valence-electron chi connectivity index (χ2n) is 7.66. The minimum atomic E-state index is -0.604. The van der Waals surface area contributed by atoms with Gasteiger partial charge in [0.25, 0.3) is 11.1 Å². The van der Waals surface area contributed by atoms with E-state index in [1.165, 1.54) is 19.3 Å². The lowest BCUT2D eigenvalue weighted by Crippen LogP contribution is -2.40. The van der Waals surface area contributed by atoms with Gasteiger partial charge >= 0.3 is 5.97 Å². The molecule has 0 bridgehead atoms. The number of rotatable bonds is 6. The summed E-state index contributed by atoms with van der Waals surface area (Å²) in [5.74, 6) is -0.892. The summed E-state index contributed by atoms with van der Waals surface area (Å²) in [6.07, 6.45) is 3.37. The highest BCUT2D eigenvalue weighted by Gasteiger charge is 2.37. The van der Waals surface area contributed by atoms with Crippen LogP contribution in [-0.2, 0) is 9.59 Å². The van der Waals surface area contributed by atoms with Crippen molar-refractivity contribution in [1.82, 2.24) is 9.80 Å². The Morgan fingerprint density at radius 3 is 2.44 bits per heavy atom. The van der Waals surface area contributed by atoms with E-state index in [-0.39, 0.29) is 23.1 Å². The number of hydrogen-bond donors (Lipinski definition) is 0. The van der Waals surface area contributed by atoms with Crippen molar-refractivity contribution in [3.63, 3.8) is 0 Å². The van der Waals surface area contributed by atoms with Gasteiger partial charge in [0, 0.05) is 18.1 Å². The van der Waals surface area contributed by atoms with Gasteiger partial charge in [-0.15, -0.1) is 0 Å². The van der Waals surface area contributed by atoms with E-state index < -0.39 is 17.1 Å². The Kier molecular flexibility index (Phi) is 7.23. The molecule has 2 heterocycles. The number of imide groups is 1. The Morgan fingerprint density at radius 1 is 1.06 bits per heavy atom. The SMILES string of the molecule is COc1ccc(/C=C2\SC(=O)N(CC(=O)N3CCCC3)C2=O)cc1OC(=O)c1ccc(Cl)cc1. The van der Waals surface area contributed by atoms with Crippen LogP contribution in [-0.4, -0.2) is 59.6 Å². The standard InChI is InChI=1S/C24H21ClN2O6S/c1-32-18-9-4-15(12-19(18)33-23(30)16-5-7-17(25)8-6-16)13-20-22(29)27(24(31)34-20)14-21(28)26-10-2-3-11-26/h4-9,12-13H,2-3,10-11,14H2,1H3/b20-13-. The van der Waals surface area contributed by atoms with E-state index in [1.54, 1.807) is 41.3 Å². The Labute approximate surface area is 205 Å². The van der Waals surface area contributed by atoms with Crippen LogP contribution in [0.1, 0.15) is 28.8 Å². The van der Waals surface area contributed by atoms with E-state index in [9.17, 15) is 19.2 Å².